The van der Waals surface area contributed by atoms with E-state index in [2.05, 4.69) is 10.6 Å². The van der Waals surface area contributed by atoms with Gasteiger partial charge >= 0.3 is 6.03 Å². The lowest BCUT2D eigenvalue weighted by molar-refractivity contribution is -0.117. The van der Waals surface area contributed by atoms with Crippen molar-refractivity contribution in [3.63, 3.8) is 0 Å². The molecule has 0 fully saturated rings. The molecule has 0 saturated carbocycles. The Bertz CT molecular complexity index is 1210. The summed E-state index contributed by atoms with van der Waals surface area (Å²) in [6.45, 7) is 2.14. The zero-order valence-corrected chi connectivity index (χ0v) is 20.9. The summed E-state index contributed by atoms with van der Waals surface area (Å²) in [7, 11) is 4.81. The highest BCUT2D eigenvalue weighted by Gasteiger charge is 2.34. The number of hydrogen-bond acceptors (Lipinski definition) is 5. The van der Waals surface area contributed by atoms with Gasteiger partial charge in [0.05, 0.1) is 27.4 Å². The van der Waals surface area contributed by atoms with Crippen LogP contribution in [0.1, 0.15) is 29.7 Å². The first-order valence-electron chi connectivity index (χ1n) is 11.8. The van der Waals surface area contributed by atoms with Crippen molar-refractivity contribution >= 4 is 17.6 Å². The van der Waals surface area contributed by atoms with Crippen LogP contribution in [-0.2, 0) is 11.2 Å². The number of para-hydroxylation sites is 1. The van der Waals surface area contributed by atoms with Crippen LogP contribution in [0.3, 0.4) is 0 Å². The monoisotopic (exact) mass is 489 g/mol. The third-order valence-electron chi connectivity index (χ3n) is 6.34. The van der Waals surface area contributed by atoms with Crippen LogP contribution >= 0.6 is 0 Å². The molecule has 2 N–H and O–H groups in total. The summed E-state index contributed by atoms with van der Waals surface area (Å²) in [5.41, 5.74) is 3.61. The summed E-state index contributed by atoms with van der Waals surface area (Å²) < 4.78 is 16.4. The molecule has 8 heteroatoms. The van der Waals surface area contributed by atoms with E-state index < -0.39 is 6.04 Å². The van der Waals surface area contributed by atoms with Gasteiger partial charge in [0.1, 0.15) is 11.8 Å². The van der Waals surface area contributed by atoms with Crippen LogP contribution in [0, 0.1) is 0 Å². The first-order valence-corrected chi connectivity index (χ1v) is 11.8. The Morgan fingerprint density at radius 3 is 2.22 bits per heavy atom. The highest BCUT2D eigenvalue weighted by molar-refractivity contribution is 5.96. The quantitative estimate of drug-likeness (QED) is 0.514. The topological polar surface area (TPSA) is 89.1 Å². The normalized spacial score (nSPS) is 15.3. The van der Waals surface area contributed by atoms with Gasteiger partial charge in [-0.15, -0.1) is 0 Å². The van der Waals surface area contributed by atoms with Crippen molar-refractivity contribution in [3.8, 4) is 17.2 Å². The van der Waals surface area contributed by atoms with Crippen molar-refractivity contribution < 1.29 is 23.8 Å². The third kappa shape index (κ3) is 5.22. The van der Waals surface area contributed by atoms with Crippen molar-refractivity contribution in [1.82, 2.24) is 10.2 Å². The second kappa shape index (κ2) is 11.0. The molecule has 2 atom stereocenters. The second-order valence-corrected chi connectivity index (χ2v) is 8.55. The fourth-order valence-corrected chi connectivity index (χ4v) is 4.42. The molecule has 0 radical (unpaired) electrons. The first-order chi connectivity index (χ1) is 17.4. The molecule has 0 aliphatic carbocycles. The van der Waals surface area contributed by atoms with Crippen LogP contribution in [0.5, 0.6) is 17.2 Å². The fraction of sp³-hybridized carbons (Fsp3) is 0.286. The van der Waals surface area contributed by atoms with Crippen LogP contribution in [-0.4, -0.2) is 50.8 Å². The molecule has 4 rings (SSSR count). The molecule has 0 bridgehead atoms. The molecule has 0 spiro atoms. The van der Waals surface area contributed by atoms with E-state index >= 15 is 0 Å². The molecule has 188 valence electrons. The third-order valence-corrected chi connectivity index (χ3v) is 6.34. The van der Waals surface area contributed by atoms with E-state index in [4.69, 9.17) is 14.2 Å². The van der Waals surface area contributed by atoms with Gasteiger partial charge in [-0.05, 0) is 66.4 Å². The van der Waals surface area contributed by atoms with E-state index in [0.29, 0.717) is 30.2 Å². The zero-order chi connectivity index (χ0) is 25.7. The zero-order valence-electron chi connectivity index (χ0n) is 20.9. The van der Waals surface area contributed by atoms with Gasteiger partial charge in [-0.3, -0.25) is 4.79 Å². The number of nitrogens with one attached hydrogen (secondary N) is 2. The number of hydrogen-bond donors (Lipinski definition) is 2. The Kier molecular flexibility index (Phi) is 7.63. The minimum absolute atomic E-state index is 0.292. The molecule has 2 unspecified atom stereocenters. The maximum atomic E-state index is 13.5. The molecule has 1 heterocycles. The van der Waals surface area contributed by atoms with E-state index in [1.165, 1.54) is 0 Å². The second-order valence-electron chi connectivity index (χ2n) is 8.55. The Hall–Kier alpha value is -4.20. The van der Waals surface area contributed by atoms with E-state index in [-0.39, 0.29) is 18.0 Å². The van der Waals surface area contributed by atoms with E-state index in [9.17, 15) is 9.59 Å². The molecule has 1 aliphatic heterocycles. The van der Waals surface area contributed by atoms with Crippen molar-refractivity contribution in [2.75, 3.05) is 33.2 Å². The van der Waals surface area contributed by atoms with Gasteiger partial charge in [-0.2, -0.15) is 0 Å². The van der Waals surface area contributed by atoms with Gasteiger partial charge in [0.2, 0.25) is 5.91 Å². The number of ether oxygens (including phenoxy) is 3. The number of benzene rings is 3. The number of carbonyl (C=O) groups is 2. The number of nitrogens with zero attached hydrogens (tertiary/aromatic N) is 1. The van der Waals surface area contributed by atoms with Crippen LogP contribution in [0.4, 0.5) is 10.5 Å². The summed E-state index contributed by atoms with van der Waals surface area (Å²) in [6.07, 6.45) is 0.639. The number of methoxy groups -OCH3 is 3. The molecule has 8 nitrogen and oxygen atoms in total. The smallest absolute Gasteiger partial charge is 0.318 e. The number of rotatable bonds is 7. The summed E-state index contributed by atoms with van der Waals surface area (Å²) in [6, 6.07) is 19.2. The molecule has 3 amide bonds. The molecular weight excluding hydrogens is 458 g/mol. The maximum absolute atomic E-state index is 13.5. The largest absolute Gasteiger partial charge is 0.497 e. The summed E-state index contributed by atoms with van der Waals surface area (Å²) >= 11 is 0. The van der Waals surface area contributed by atoms with Gasteiger partial charge in [0, 0.05) is 12.2 Å². The lowest BCUT2D eigenvalue weighted by Gasteiger charge is -2.38. The minimum atomic E-state index is -0.735. The predicted octanol–water partition coefficient (Wildman–Crippen LogP) is 4.40. The van der Waals surface area contributed by atoms with Crippen molar-refractivity contribution in [1.29, 1.82) is 0 Å². The molecule has 0 aromatic heterocycles. The van der Waals surface area contributed by atoms with Crippen LogP contribution in [0.25, 0.3) is 0 Å². The predicted molar refractivity (Wildman–Crippen MR) is 138 cm³/mol. The first kappa shape index (κ1) is 24.9. The number of carbonyl (C=O) groups excluding carboxylic acids is 2. The maximum Gasteiger partial charge on any atom is 0.318 e. The van der Waals surface area contributed by atoms with E-state index in [1.54, 1.807) is 45.3 Å². The van der Waals surface area contributed by atoms with Gasteiger partial charge < -0.3 is 29.7 Å². The van der Waals surface area contributed by atoms with Gasteiger partial charge in [-0.25, -0.2) is 4.79 Å². The Balaban J connectivity index is 1.63. The lowest BCUT2D eigenvalue weighted by atomic mass is 9.87. The molecular formula is C28H31N3O5. The molecule has 1 aliphatic rings. The fourth-order valence-electron chi connectivity index (χ4n) is 4.42. The highest BCUT2D eigenvalue weighted by atomic mass is 16.5. The molecule has 3 aromatic carbocycles. The van der Waals surface area contributed by atoms with Crippen LogP contribution < -0.4 is 24.8 Å². The SMILES string of the molecule is COc1ccc(C2c3cc(OC)c(OC)cc3CCN2C(=O)NC(C)C(=O)Nc2ccccc2)cc1. The van der Waals surface area contributed by atoms with E-state index in [0.717, 1.165) is 22.4 Å². The van der Waals surface area contributed by atoms with Gasteiger partial charge in [0.25, 0.3) is 0 Å². The highest BCUT2D eigenvalue weighted by Crippen LogP contribution is 2.41. The lowest BCUT2D eigenvalue weighted by Crippen LogP contribution is -2.51. The number of amides is 3. The standard InChI is InChI=1S/C28H31N3O5/c1-18(27(32)30-21-8-6-5-7-9-21)29-28(33)31-15-14-20-16-24(35-3)25(36-4)17-23(20)26(31)19-10-12-22(34-2)13-11-19/h5-13,16-18,26H,14-15H2,1-4H3,(H,29,33)(H,30,32). The Morgan fingerprint density at radius 2 is 1.58 bits per heavy atom. The molecule has 0 saturated heterocycles. The molecule has 3 aromatic rings. The Morgan fingerprint density at radius 1 is 0.917 bits per heavy atom. The van der Waals surface area contributed by atoms with Crippen molar-refractivity contribution in [3.05, 3.63) is 83.4 Å². The van der Waals surface area contributed by atoms with Crippen molar-refractivity contribution in [2.24, 2.45) is 0 Å². The Labute approximate surface area is 211 Å². The average Bonchev–Trinajstić information content (AvgIpc) is 2.92. The summed E-state index contributed by atoms with van der Waals surface area (Å²) in [4.78, 5) is 28.0. The average molecular weight is 490 g/mol. The van der Waals surface area contributed by atoms with Crippen LogP contribution in [0.2, 0.25) is 0 Å². The van der Waals surface area contributed by atoms with Crippen LogP contribution in [0.15, 0.2) is 66.7 Å². The number of anilines is 1. The van der Waals surface area contributed by atoms with Gasteiger partial charge in [-0.1, -0.05) is 30.3 Å². The molecule has 36 heavy (non-hydrogen) atoms. The number of fused-ring (bicyclic) bond motifs is 1. The van der Waals surface area contributed by atoms with Crippen molar-refractivity contribution in [2.45, 2.75) is 25.4 Å². The summed E-state index contributed by atoms with van der Waals surface area (Å²) in [5, 5.41) is 5.70. The van der Waals surface area contributed by atoms with E-state index in [1.807, 2.05) is 54.6 Å². The summed E-state index contributed by atoms with van der Waals surface area (Å²) in [5.74, 6) is 1.67. The number of urea groups is 1. The van der Waals surface area contributed by atoms with Gasteiger partial charge in [0.15, 0.2) is 11.5 Å². The minimum Gasteiger partial charge on any atom is -0.497 e.